The zero-order chi connectivity index (χ0) is 19.3. The maximum absolute atomic E-state index is 12.6. The van der Waals surface area contributed by atoms with Gasteiger partial charge in [-0.05, 0) is 24.6 Å². The van der Waals surface area contributed by atoms with Gasteiger partial charge in [0, 0.05) is 30.9 Å². The van der Waals surface area contributed by atoms with E-state index in [0.717, 1.165) is 48.1 Å². The summed E-state index contributed by atoms with van der Waals surface area (Å²) in [6.45, 7) is 5.78. The smallest absolute Gasteiger partial charge is 0.263 e. The quantitative estimate of drug-likeness (QED) is 0.715. The number of nitrogens with one attached hydrogen (secondary N) is 1. The van der Waals surface area contributed by atoms with Crippen LogP contribution in [-0.4, -0.2) is 37.2 Å². The van der Waals surface area contributed by atoms with Crippen molar-refractivity contribution >= 4 is 22.9 Å². The number of morpholine rings is 1. The summed E-state index contributed by atoms with van der Waals surface area (Å²) >= 11 is 1.44. The molecule has 0 saturated carbocycles. The summed E-state index contributed by atoms with van der Waals surface area (Å²) in [6.07, 6.45) is 0. The maximum atomic E-state index is 12.6. The fourth-order valence-electron chi connectivity index (χ4n) is 3.22. The number of nitrogens with zero attached hydrogens (tertiary/aromatic N) is 2. The molecule has 1 saturated heterocycles. The number of hydrogen-bond donors (Lipinski definition) is 1. The molecular formula is C22H23N3O2S. The summed E-state index contributed by atoms with van der Waals surface area (Å²) in [4.78, 5) is 20.2. The molecule has 1 aromatic heterocycles. The van der Waals surface area contributed by atoms with Crippen LogP contribution in [0.15, 0.2) is 54.6 Å². The molecule has 0 atom stereocenters. The molecule has 0 aliphatic carbocycles. The largest absolute Gasteiger partial charge is 0.378 e. The highest BCUT2D eigenvalue weighted by molar-refractivity contribution is 7.17. The Hall–Kier alpha value is -2.70. The van der Waals surface area contributed by atoms with Crippen molar-refractivity contribution in [2.45, 2.75) is 13.5 Å². The van der Waals surface area contributed by atoms with E-state index in [4.69, 9.17) is 4.74 Å². The van der Waals surface area contributed by atoms with E-state index in [-0.39, 0.29) is 5.91 Å². The fourth-order valence-corrected chi connectivity index (χ4v) is 4.21. The third kappa shape index (κ3) is 4.24. The molecule has 2 aromatic carbocycles. The second-order valence-corrected chi connectivity index (χ2v) is 7.75. The first-order valence-corrected chi connectivity index (χ1v) is 10.2. The van der Waals surface area contributed by atoms with Crippen molar-refractivity contribution in [3.63, 3.8) is 0 Å². The van der Waals surface area contributed by atoms with E-state index >= 15 is 0 Å². The van der Waals surface area contributed by atoms with Crippen LogP contribution in [0.5, 0.6) is 0 Å². The molecule has 0 spiro atoms. The maximum Gasteiger partial charge on any atom is 0.263 e. The summed E-state index contributed by atoms with van der Waals surface area (Å²) in [5.74, 6) is -0.0746. The second-order valence-electron chi connectivity index (χ2n) is 6.75. The average molecular weight is 394 g/mol. The van der Waals surface area contributed by atoms with Gasteiger partial charge in [0.1, 0.15) is 9.88 Å². The topological polar surface area (TPSA) is 54.5 Å². The van der Waals surface area contributed by atoms with Crippen molar-refractivity contribution in [2.24, 2.45) is 0 Å². The lowest BCUT2D eigenvalue weighted by Crippen LogP contribution is -2.36. The van der Waals surface area contributed by atoms with Crippen LogP contribution in [0.3, 0.4) is 0 Å². The van der Waals surface area contributed by atoms with Gasteiger partial charge in [0.2, 0.25) is 0 Å². The number of carbonyl (C=O) groups excluding carboxylic acids is 1. The monoisotopic (exact) mass is 393 g/mol. The van der Waals surface area contributed by atoms with Gasteiger partial charge in [0.15, 0.2) is 0 Å². The van der Waals surface area contributed by atoms with Crippen LogP contribution in [0.25, 0.3) is 10.6 Å². The molecule has 144 valence electrons. The molecule has 3 aromatic rings. The Kier molecular flexibility index (Phi) is 5.69. The van der Waals surface area contributed by atoms with Gasteiger partial charge in [0.25, 0.3) is 5.91 Å². The Bertz CT molecular complexity index is 932. The van der Waals surface area contributed by atoms with E-state index in [9.17, 15) is 4.79 Å². The molecule has 1 aliphatic heterocycles. The van der Waals surface area contributed by atoms with Gasteiger partial charge < -0.3 is 15.0 Å². The zero-order valence-corrected chi connectivity index (χ0v) is 16.7. The number of thiazole rings is 1. The van der Waals surface area contributed by atoms with Crippen molar-refractivity contribution in [1.82, 2.24) is 10.3 Å². The first-order valence-electron chi connectivity index (χ1n) is 9.43. The summed E-state index contributed by atoms with van der Waals surface area (Å²) in [5.41, 5.74) is 4.08. The zero-order valence-electron chi connectivity index (χ0n) is 15.9. The number of anilines is 1. The number of hydrogen-bond acceptors (Lipinski definition) is 5. The Morgan fingerprint density at radius 1 is 1.11 bits per heavy atom. The SMILES string of the molecule is Cc1nc(-c2ccccc2)sc1C(=O)NCc1ccc(N2CCOCC2)cc1. The molecule has 0 radical (unpaired) electrons. The standard InChI is InChI=1S/C22H23N3O2S/c1-16-20(28-22(24-16)18-5-3-2-4-6-18)21(26)23-15-17-7-9-19(10-8-17)25-11-13-27-14-12-25/h2-10H,11-15H2,1H3,(H,23,26). The Balaban J connectivity index is 1.38. The van der Waals surface area contributed by atoms with Gasteiger partial charge in [-0.25, -0.2) is 4.98 Å². The molecule has 1 aliphatic rings. The summed E-state index contributed by atoms with van der Waals surface area (Å²) in [5, 5.41) is 3.89. The van der Waals surface area contributed by atoms with Gasteiger partial charge in [-0.2, -0.15) is 0 Å². The van der Waals surface area contributed by atoms with E-state index in [1.54, 1.807) is 0 Å². The Labute approximate surface area is 169 Å². The summed E-state index contributed by atoms with van der Waals surface area (Å²) < 4.78 is 5.40. The molecule has 1 fully saturated rings. The molecule has 4 rings (SSSR count). The molecule has 0 unspecified atom stereocenters. The number of amides is 1. The molecule has 6 heteroatoms. The van der Waals surface area contributed by atoms with Gasteiger partial charge in [-0.15, -0.1) is 11.3 Å². The minimum absolute atomic E-state index is 0.0746. The van der Waals surface area contributed by atoms with E-state index in [2.05, 4.69) is 39.5 Å². The van der Waals surface area contributed by atoms with Crippen LogP contribution in [0, 0.1) is 6.92 Å². The minimum Gasteiger partial charge on any atom is -0.378 e. The van der Waals surface area contributed by atoms with Gasteiger partial charge >= 0.3 is 0 Å². The van der Waals surface area contributed by atoms with Crippen LogP contribution in [0.4, 0.5) is 5.69 Å². The Morgan fingerprint density at radius 2 is 1.82 bits per heavy atom. The number of carbonyl (C=O) groups is 1. The number of aromatic nitrogens is 1. The van der Waals surface area contributed by atoms with Gasteiger partial charge in [0.05, 0.1) is 18.9 Å². The number of aryl methyl sites for hydroxylation is 1. The van der Waals surface area contributed by atoms with Crippen molar-refractivity contribution in [3.05, 3.63) is 70.7 Å². The average Bonchev–Trinajstić information content (AvgIpc) is 3.15. The molecular weight excluding hydrogens is 370 g/mol. The van der Waals surface area contributed by atoms with Crippen LogP contribution >= 0.6 is 11.3 Å². The molecule has 0 bridgehead atoms. The number of ether oxygens (including phenoxy) is 1. The minimum atomic E-state index is -0.0746. The molecule has 1 N–H and O–H groups in total. The molecule has 2 heterocycles. The molecule has 5 nitrogen and oxygen atoms in total. The van der Waals surface area contributed by atoms with Crippen molar-refractivity contribution in [2.75, 3.05) is 31.2 Å². The lowest BCUT2D eigenvalue weighted by Gasteiger charge is -2.28. The third-order valence-electron chi connectivity index (χ3n) is 4.79. The van der Waals surface area contributed by atoms with E-state index in [1.807, 2.05) is 37.3 Å². The van der Waals surface area contributed by atoms with Crippen molar-refractivity contribution in [1.29, 1.82) is 0 Å². The van der Waals surface area contributed by atoms with Gasteiger partial charge in [-0.1, -0.05) is 42.5 Å². The normalized spacial score (nSPS) is 14.1. The highest BCUT2D eigenvalue weighted by Gasteiger charge is 2.16. The van der Waals surface area contributed by atoms with E-state index in [0.29, 0.717) is 11.4 Å². The lowest BCUT2D eigenvalue weighted by atomic mass is 10.2. The molecule has 28 heavy (non-hydrogen) atoms. The molecule has 1 amide bonds. The van der Waals surface area contributed by atoms with E-state index < -0.39 is 0 Å². The highest BCUT2D eigenvalue weighted by atomic mass is 32.1. The predicted octanol–water partition coefficient (Wildman–Crippen LogP) is 3.89. The van der Waals surface area contributed by atoms with E-state index in [1.165, 1.54) is 17.0 Å². The number of rotatable bonds is 5. The van der Waals surface area contributed by atoms with Gasteiger partial charge in [-0.3, -0.25) is 4.79 Å². The lowest BCUT2D eigenvalue weighted by molar-refractivity contribution is 0.0954. The highest BCUT2D eigenvalue weighted by Crippen LogP contribution is 2.27. The second kappa shape index (κ2) is 8.54. The van der Waals surface area contributed by atoms with Crippen molar-refractivity contribution < 1.29 is 9.53 Å². The fraction of sp³-hybridized carbons (Fsp3) is 0.273. The summed E-state index contributed by atoms with van der Waals surface area (Å²) in [6, 6.07) is 18.3. The number of benzene rings is 2. The van der Waals surface area contributed by atoms with Crippen LogP contribution in [0.1, 0.15) is 20.9 Å². The van der Waals surface area contributed by atoms with Crippen LogP contribution in [0.2, 0.25) is 0 Å². The third-order valence-corrected chi connectivity index (χ3v) is 5.99. The van der Waals surface area contributed by atoms with Crippen molar-refractivity contribution in [3.8, 4) is 10.6 Å². The predicted molar refractivity (Wildman–Crippen MR) is 113 cm³/mol. The van der Waals surface area contributed by atoms with Crippen LogP contribution in [-0.2, 0) is 11.3 Å². The Morgan fingerprint density at radius 3 is 2.54 bits per heavy atom. The first-order chi connectivity index (χ1) is 13.7. The summed E-state index contributed by atoms with van der Waals surface area (Å²) in [7, 11) is 0. The first kappa shape index (κ1) is 18.7. The van der Waals surface area contributed by atoms with Crippen LogP contribution < -0.4 is 10.2 Å².